The number of carbonyl (C=O) groups excluding carboxylic acids is 1. The minimum Gasteiger partial charge on any atom is -0.393 e. The second-order valence-corrected chi connectivity index (χ2v) is 5.47. The van der Waals surface area contributed by atoms with E-state index < -0.39 is 0 Å². The topological polar surface area (TPSA) is 52.6 Å². The number of aliphatic hydroxyl groups is 1. The second kappa shape index (κ2) is 4.00. The molecule has 2 N–H and O–H groups in total. The van der Waals surface area contributed by atoms with Crippen LogP contribution in [0.15, 0.2) is 0 Å². The number of rotatable bonds is 3. The van der Waals surface area contributed by atoms with Crippen LogP contribution in [0.3, 0.4) is 0 Å². The van der Waals surface area contributed by atoms with E-state index >= 15 is 0 Å². The summed E-state index contributed by atoms with van der Waals surface area (Å²) in [4.78, 5) is 14.1. The van der Waals surface area contributed by atoms with Gasteiger partial charge in [-0.15, -0.1) is 0 Å². The highest BCUT2D eigenvalue weighted by molar-refractivity contribution is 5.79. The maximum atomic E-state index is 12.1. The number of hydrogen-bond donors (Lipinski definition) is 2. The van der Waals surface area contributed by atoms with Gasteiger partial charge in [0.25, 0.3) is 0 Å². The predicted octanol–water partition coefficient (Wildman–Crippen LogP) is 0.253. The second-order valence-electron chi connectivity index (χ2n) is 5.47. The highest BCUT2D eigenvalue weighted by Gasteiger charge is 2.42. The van der Waals surface area contributed by atoms with Crippen molar-refractivity contribution in [3.05, 3.63) is 0 Å². The smallest absolute Gasteiger partial charge is 0.237 e. The molecule has 2 bridgehead atoms. The van der Waals surface area contributed by atoms with Crippen LogP contribution in [0, 0.1) is 0 Å². The molecule has 2 atom stereocenters. The van der Waals surface area contributed by atoms with E-state index in [0.29, 0.717) is 24.7 Å². The minimum atomic E-state index is -0.182. The van der Waals surface area contributed by atoms with Gasteiger partial charge < -0.3 is 15.3 Å². The molecule has 4 nitrogen and oxygen atoms in total. The van der Waals surface area contributed by atoms with Crippen molar-refractivity contribution in [1.82, 2.24) is 10.2 Å². The van der Waals surface area contributed by atoms with Gasteiger partial charge in [-0.2, -0.15) is 0 Å². The van der Waals surface area contributed by atoms with Crippen molar-refractivity contribution in [2.24, 2.45) is 0 Å². The first-order valence-corrected chi connectivity index (χ1v) is 6.46. The Labute approximate surface area is 96.0 Å². The first-order valence-electron chi connectivity index (χ1n) is 6.46. The van der Waals surface area contributed by atoms with Crippen molar-refractivity contribution in [3.63, 3.8) is 0 Å². The monoisotopic (exact) mass is 224 g/mol. The van der Waals surface area contributed by atoms with Gasteiger partial charge in [-0.05, 0) is 38.5 Å². The minimum absolute atomic E-state index is 0.182. The third-order valence-corrected chi connectivity index (χ3v) is 4.12. The Morgan fingerprint density at radius 2 is 1.81 bits per heavy atom. The van der Waals surface area contributed by atoms with Gasteiger partial charge in [0, 0.05) is 18.1 Å². The highest BCUT2D eigenvalue weighted by Crippen LogP contribution is 2.35. The number of hydrogen-bond acceptors (Lipinski definition) is 3. The van der Waals surface area contributed by atoms with Crippen molar-refractivity contribution in [1.29, 1.82) is 0 Å². The standard InChI is InChI=1S/C12H20N2O2/c15-11-5-9-3-4-10(6-11)14(9)12(16)7-13-8-1-2-8/h8-11,13,15H,1-7H2. The quantitative estimate of drug-likeness (QED) is 0.722. The fraction of sp³-hybridized carbons (Fsp3) is 0.917. The van der Waals surface area contributed by atoms with Gasteiger partial charge in [0.15, 0.2) is 0 Å². The van der Waals surface area contributed by atoms with Crippen LogP contribution in [0.1, 0.15) is 38.5 Å². The molecule has 0 radical (unpaired) electrons. The Morgan fingerprint density at radius 3 is 2.38 bits per heavy atom. The number of amides is 1. The summed E-state index contributed by atoms with van der Waals surface area (Å²) in [7, 11) is 0. The average molecular weight is 224 g/mol. The zero-order valence-electron chi connectivity index (χ0n) is 9.56. The third-order valence-electron chi connectivity index (χ3n) is 4.12. The molecule has 0 spiro atoms. The SMILES string of the molecule is O=C(CNC1CC1)N1C2CCC1CC(O)C2. The van der Waals surface area contributed by atoms with E-state index in [4.69, 9.17) is 0 Å². The summed E-state index contributed by atoms with van der Waals surface area (Å²) in [5, 5.41) is 12.9. The molecule has 3 aliphatic rings. The van der Waals surface area contributed by atoms with Gasteiger partial charge in [-0.25, -0.2) is 0 Å². The molecule has 16 heavy (non-hydrogen) atoms. The number of carbonyl (C=O) groups is 1. The Balaban J connectivity index is 1.58. The van der Waals surface area contributed by atoms with Crippen LogP contribution in [0.25, 0.3) is 0 Å². The summed E-state index contributed by atoms with van der Waals surface area (Å²) >= 11 is 0. The van der Waals surface area contributed by atoms with Crippen molar-refractivity contribution in [3.8, 4) is 0 Å². The molecular formula is C12H20N2O2. The van der Waals surface area contributed by atoms with E-state index in [-0.39, 0.29) is 12.0 Å². The van der Waals surface area contributed by atoms with Crippen LogP contribution >= 0.6 is 0 Å². The predicted molar refractivity (Wildman–Crippen MR) is 59.9 cm³/mol. The van der Waals surface area contributed by atoms with E-state index in [9.17, 15) is 9.90 Å². The number of piperidine rings is 1. The van der Waals surface area contributed by atoms with E-state index in [1.54, 1.807) is 0 Å². The van der Waals surface area contributed by atoms with Crippen LogP contribution in [-0.4, -0.2) is 46.7 Å². The molecule has 1 amide bonds. The number of nitrogens with zero attached hydrogens (tertiary/aromatic N) is 1. The summed E-state index contributed by atoms with van der Waals surface area (Å²) in [5.74, 6) is 0.242. The van der Waals surface area contributed by atoms with Gasteiger partial charge in [0.1, 0.15) is 0 Å². The molecule has 4 heteroatoms. The third kappa shape index (κ3) is 1.96. The van der Waals surface area contributed by atoms with Gasteiger partial charge >= 0.3 is 0 Å². The fourth-order valence-corrected chi connectivity index (χ4v) is 3.17. The first kappa shape index (κ1) is 10.5. The van der Waals surface area contributed by atoms with E-state index in [1.165, 1.54) is 12.8 Å². The molecule has 3 fully saturated rings. The number of fused-ring (bicyclic) bond motifs is 2. The lowest BCUT2D eigenvalue weighted by Crippen LogP contribution is -2.50. The fourth-order valence-electron chi connectivity index (χ4n) is 3.17. The summed E-state index contributed by atoms with van der Waals surface area (Å²) in [6, 6.07) is 1.21. The van der Waals surface area contributed by atoms with Crippen molar-refractivity contribution < 1.29 is 9.90 Å². The first-order chi connectivity index (χ1) is 7.74. The zero-order valence-corrected chi connectivity index (χ0v) is 9.56. The molecule has 2 saturated heterocycles. The molecule has 0 aromatic rings. The molecular weight excluding hydrogens is 204 g/mol. The van der Waals surface area contributed by atoms with Crippen LogP contribution in [-0.2, 0) is 4.79 Å². The molecule has 1 aliphatic carbocycles. The maximum absolute atomic E-state index is 12.1. The molecule has 2 heterocycles. The van der Waals surface area contributed by atoms with Crippen LogP contribution in [0.2, 0.25) is 0 Å². The Morgan fingerprint density at radius 1 is 1.19 bits per heavy atom. The summed E-state index contributed by atoms with van der Waals surface area (Å²) < 4.78 is 0. The Kier molecular flexibility index (Phi) is 2.64. The zero-order chi connectivity index (χ0) is 11.1. The maximum Gasteiger partial charge on any atom is 0.237 e. The average Bonchev–Trinajstić information content (AvgIpc) is 3.02. The molecule has 2 unspecified atom stereocenters. The van der Waals surface area contributed by atoms with Crippen molar-refractivity contribution in [2.45, 2.75) is 62.8 Å². The number of nitrogens with one attached hydrogen (secondary N) is 1. The molecule has 1 saturated carbocycles. The number of aliphatic hydroxyl groups excluding tert-OH is 1. The van der Waals surface area contributed by atoms with Gasteiger partial charge in [0.05, 0.1) is 12.6 Å². The molecule has 0 aromatic carbocycles. The molecule has 0 aromatic heterocycles. The largest absolute Gasteiger partial charge is 0.393 e. The Bertz CT molecular complexity index is 277. The lowest BCUT2D eigenvalue weighted by Gasteiger charge is -2.37. The summed E-state index contributed by atoms with van der Waals surface area (Å²) in [6.07, 6.45) is 5.99. The van der Waals surface area contributed by atoms with Crippen molar-refractivity contribution >= 4 is 5.91 Å². The van der Waals surface area contributed by atoms with Crippen molar-refractivity contribution in [2.75, 3.05) is 6.54 Å². The lowest BCUT2D eigenvalue weighted by atomic mass is 10.00. The van der Waals surface area contributed by atoms with Gasteiger partial charge in [-0.3, -0.25) is 4.79 Å². The van der Waals surface area contributed by atoms with E-state index in [2.05, 4.69) is 5.32 Å². The molecule has 90 valence electrons. The van der Waals surface area contributed by atoms with Crippen LogP contribution < -0.4 is 5.32 Å². The van der Waals surface area contributed by atoms with E-state index in [0.717, 1.165) is 25.7 Å². The summed E-state index contributed by atoms with van der Waals surface area (Å²) in [5.41, 5.74) is 0. The highest BCUT2D eigenvalue weighted by atomic mass is 16.3. The normalized spacial score (nSPS) is 37.8. The Hall–Kier alpha value is -0.610. The molecule has 2 aliphatic heterocycles. The molecule has 3 rings (SSSR count). The summed E-state index contributed by atoms with van der Waals surface area (Å²) in [6.45, 7) is 0.494. The van der Waals surface area contributed by atoms with Crippen LogP contribution in [0.5, 0.6) is 0 Å². The lowest BCUT2D eigenvalue weighted by molar-refractivity contribution is -0.136. The van der Waals surface area contributed by atoms with Gasteiger partial charge in [0.2, 0.25) is 5.91 Å². The van der Waals surface area contributed by atoms with Crippen LogP contribution in [0.4, 0.5) is 0 Å². The van der Waals surface area contributed by atoms with E-state index in [1.807, 2.05) is 4.90 Å². The van der Waals surface area contributed by atoms with Gasteiger partial charge in [-0.1, -0.05) is 0 Å².